The lowest BCUT2D eigenvalue weighted by atomic mass is 9.97. The first-order valence-electron chi connectivity index (χ1n) is 8.61. The molecule has 1 aromatic carbocycles. The number of methoxy groups -OCH3 is 1. The number of rotatable bonds is 5. The van der Waals surface area contributed by atoms with Crippen LogP contribution in [0, 0.1) is 12.8 Å². The molecule has 1 aliphatic heterocycles. The van der Waals surface area contributed by atoms with Gasteiger partial charge in [-0.3, -0.25) is 4.79 Å². The van der Waals surface area contributed by atoms with Gasteiger partial charge in [0.25, 0.3) is 0 Å². The third-order valence-corrected chi connectivity index (χ3v) is 4.46. The molecule has 1 amide bonds. The third-order valence-electron chi connectivity index (χ3n) is 4.46. The highest BCUT2D eigenvalue weighted by atomic mass is 16.5. The maximum Gasteiger partial charge on any atom is 0.225 e. The van der Waals surface area contributed by atoms with Crippen molar-refractivity contribution in [3.05, 3.63) is 47.8 Å². The molecule has 2 aromatic rings. The van der Waals surface area contributed by atoms with Crippen LogP contribution in [0.2, 0.25) is 0 Å². The van der Waals surface area contributed by atoms with Crippen molar-refractivity contribution in [2.45, 2.75) is 26.3 Å². The fourth-order valence-corrected chi connectivity index (χ4v) is 3.08. The second-order valence-electron chi connectivity index (χ2n) is 6.35. The number of carbonyl (C=O) groups is 1. The number of hydrogen-bond acceptors (Lipinski definition) is 5. The van der Waals surface area contributed by atoms with Gasteiger partial charge in [-0.25, -0.2) is 9.97 Å². The second-order valence-corrected chi connectivity index (χ2v) is 6.35. The molecule has 6 nitrogen and oxygen atoms in total. The number of aromatic nitrogens is 2. The van der Waals surface area contributed by atoms with Gasteiger partial charge in [-0.1, -0.05) is 12.1 Å². The lowest BCUT2D eigenvalue weighted by molar-refractivity contribution is -0.125. The predicted molar refractivity (Wildman–Crippen MR) is 96.5 cm³/mol. The van der Waals surface area contributed by atoms with E-state index in [0.29, 0.717) is 19.0 Å². The zero-order valence-electron chi connectivity index (χ0n) is 14.7. The topological polar surface area (TPSA) is 67.3 Å². The zero-order chi connectivity index (χ0) is 17.6. The molecule has 25 heavy (non-hydrogen) atoms. The van der Waals surface area contributed by atoms with E-state index in [0.717, 1.165) is 36.4 Å². The maximum atomic E-state index is 12.6. The largest absolute Gasteiger partial charge is 0.497 e. The van der Waals surface area contributed by atoms with Crippen LogP contribution in [-0.2, 0) is 11.3 Å². The Balaban J connectivity index is 1.58. The Bertz CT molecular complexity index is 735. The molecule has 2 heterocycles. The van der Waals surface area contributed by atoms with Gasteiger partial charge in [-0.05, 0) is 43.5 Å². The van der Waals surface area contributed by atoms with Crippen LogP contribution in [0.3, 0.4) is 0 Å². The zero-order valence-corrected chi connectivity index (χ0v) is 14.7. The lowest BCUT2D eigenvalue weighted by Crippen LogP contribution is -2.43. The molecule has 0 aliphatic carbocycles. The number of nitrogens with zero attached hydrogens (tertiary/aromatic N) is 3. The van der Waals surface area contributed by atoms with Crippen LogP contribution in [0.4, 0.5) is 5.95 Å². The summed E-state index contributed by atoms with van der Waals surface area (Å²) in [6, 6.07) is 9.63. The van der Waals surface area contributed by atoms with Gasteiger partial charge in [0, 0.05) is 31.5 Å². The van der Waals surface area contributed by atoms with Gasteiger partial charge in [-0.2, -0.15) is 0 Å². The van der Waals surface area contributed by atoms with E-state index < -0.39 is 0 Å². The smallest absolute Gasteiger partial charge is 0.225 e. The van der Waals surface area contributed by atoms with E-state index in [2.05, 4.69) is 20.2 Å². The molecule has 0 spiro atoms. The molecular weight excluding hydrogens is 316 g/mol. The summed E-state index contributed by atoms with van der Waals surface area (Å²) < 4.78 is 5.22. The molecule has 1 saturated heterocycles. The second kappa shape index (κ2) is 7.96. The molecule has 0 unspecified atom stereocenters. The van der Waals surface area contributed by atoms with E-state index >= 15 is 0 Å². The number of amides is 1. The third kappa shape index (κ3) is 4.47. The van der Waals surface area contributed by atoms with Crippen LogP contribution in [0.15, 0.2) is 36.5 Å². The molecule has 6 heteroatoms. The fraction of sp³-hybridized carbons (Fsp3) is 0.421. The Labute approximate surface area is 148 Å². The molecule has 132 valence electrons. The van der Waals surface area contributed by atoms with Crippen molar-refractivity contribution in [1.29, 1.82) is 0 Å². The molecule has 1 fully saturated rings. The molecule has 1 N–H and O–H groups in total. The number of hydrogen-bond donors (Lipinski definition) is 1. The van der Waals surface area contributed by atoms with Crippen LogP contribution in [0.25, 0.3) is 0 Å². The number of aryl methyl sites for hydroxylation is 1. The van der Waals surface area contributed by atoms with Gasteiger partial charge >= 0.3 is 0 Å². The van der Waals surface area contributed by atoms with E-state index in [1.54, 1.807) is 13.3 Å². The summed E-state index contributed by atoms with van der Waals surface area (Å²) in [6.45, 7) is 4.01. The van der Waals surface area contributed by atoms with Gasteiger partial charge < -0.3 is 15.0 Å². The monoisotopic (exact) mass is 340 g/mol. The quantitative estimate of drug-likeness (QED) is 0.905. The Morgan fingerprint density at radius 1 is 1.40 bits per heavy atom. The number of piperidine rings is 1. The Kier molecular flexibility index (Phi) is 5.48. The standard InChI is InChI=1S/C19H24N4O2/c1-14-8-9-20-19(22-14)23-10-4-6-16(13-23)18(24)21-12-15-5-3-7-17(11-15)25-2/h3,5,7-9,11,16H,4,6,10,12-13H2,1-2H3,(H,21,24)/t16-/m0/s1. The van der Waals surface area contributed by atoms with Crippen molar-refractivity contribution < 1.29 is 9.53 Å². The Morgan fingerprint density at radius 2 is 2.28 bits per heavy atom. The van der Waals surface area contributed by atoms with Crippen molar-refractivity contribution in [3.8, 4) is 5.75 Å². The van der Waals surface area contributed by atoms with Crippen molar-refractivity contribution in [1.82, 2.24) is 15.3 Å². The molecule has 0 bridgehead atoms. The van der Waals surface area contributed by atoms with E-state index in [-0.39, 0.29) is 11.8 Å². The number of anilines is 1. The van der Waals surface area contributed by atoms with E-state index in [1.807, 2.05) is 37.3 Å². The first kappa shape index (κ1) is 17.2. The van der Waals surface area contributed by atoms with Gasteiger partial charge in [0.05, 0.1) is 13.0 Å². The van der Waals surface area contributed by atoms with Crippen LogP contribution >= 0.6 is 0 Å². The summed E-state index contributed by atoms with van der Waals surface area (Å²) in [6.07, 6.45) is 3.63. The van der Waals surface area contributed by atoms with Crippen molar-refractivity contribution >= 4 is 11.9 Å². The molecule has 0 saturated carbocycles. The molecular formula is C19H24N4O2. The van der Waals surface area contributed by atoms with Crippen molar-refractivity contribution in [2.75, 3.05) is 25.1 Å². The number of nitrogens with one attached hydrogen (secondary N) is 1. The summed E-state index contributed by atoms with van der Waals surface area (Å²) in [5.41, 5.74) is 1.97. The van der Waals surface area contributed by atoms with E-state index in [1.165, 1.54) is 0 Å². The van der Waals surface area contributed by atoms with E-state index in [4.69, 9.17) is 4.74 Å². The van der Waals surface area contributed by atoms with Gasteiger partial charge in [-0.15, -0.1) is 0 Å². The summed E-state index contributed by atoms with van der Waals surface area (Å²) in [5, 5.41) is 3.04. The van der Waals surface area contributed by atoms with Gasteiger partial charge in [0.1, 0.15) is 5.75 Å². The van der Waals surface area contributed by atoms with Crippen LogP contribution in [0.1, 0.15) is 24.1 Å². The van der Waals surface area contributed by atoms with E-state index in [9.17, 15) is 4.79 Å². The van der Waals surface area contributed by atoms with Crippen LogP contribution in [0.5, 0.6) is 5.75 Å². The minimum Gasteiger partial charge on any atom is -0.497 e. The SMILES string of the molecule is COc1cccc(CNC(=O)[C@H]2CCCN(c3nccc(C)n3)C2)c1. The number of benzene rings is 1. The number of carbonyl (C=O) groups excluding carboxylic acids is 1. The Morgan fingerprint density at radius 3 is 3.08 bits per heavy atom. The predicted octanol–water partition coefficient (Wildman–Crippen LogP) is 2.33. The molecule has 0 radical (unpaired) electrons. The number of ether oxygens (including phenoxy) is 1. The maximum absolute atomic E-state index is 12.6. The summed E-state index contributed by atoms with van der Waals surface area (Å²) >= 11 is 0. The molecule has 3 rings (SSSR count). The highest BCUT2D eigenvalue weighted by Gasteiger charge is 2.27. The molecule has 1 aliphatic rings. The average Bonchev–Trinajstić information content (AvgIpc) is 2.66. The normalized spacial score (nSPS) is 17.2. The summed E-state index contributed by atoms with van der Waals surface area (Å²) in [4.78, 5) is 23.5. The summed E-state index contributed by atoms with van der Waals surface area (Å²) in [5.74, 6) is 1.56. The highest BCUT2D eigenvalue weighted by molar-refractivity contribution is 5.79. The van der Waals surface area contributed by atoms with Gasteiger partial charge in [0.2, 0.25) is 11.9 Å². The lowest BCUT2D eigenvalue weighted by Gasteiger charge is -2.32. The average molecular weight is 340 g/mol. The molecule has 1 aromatic heterocycles. The first-order chi connectivity index (χ1) is 12.2. The van der Waals surface area contributed by atoms with Gasteiger partial charge in [0.15, 0.2) is 0 Å². The fourth-order valence-electron chi connectivity index (χ4n) is 3.08. The first-order valence-corrected chi connectivity index (χ1v) is 8.61. The minimum atomic E-state index is -0.0385. The highest BCUT2D eigenvalue weighted by Crippen LogP contribution is 2.21. The van der Waals surface area contributed by atoms with Crippen LogP contribution < -0.4 is 15.0 Å². The Hall–Kier alpha value is -2.63. The van der Waals surface area contributed by atoms with Crippen LogP contribution in [-0.4, -0.2) is 36.1 Å². The minimum absolute atomic E-state index is 0.0385. The molecule has 1 atom stereocenters. The summed E-state index contributed by atoms with van der Waals surface area (Å²) in [7, 11) is 1.64. The van der Waals surface area contributed by atoms with Crippen molar-refractivity contribution in [3.63, 3.8) is 0 Å². The van der Waals surface area contributed by atoms with Crippen molar-refractivity contribution in [2.24, 2.45) is 5.92 Å².